The normalized spacial score (nSPS) is 17.2. The number of benzene rings is 1. The van der Waals surface area contributed by atoms with Crippen molar-refractivity contribution in [2.45, 2.75) is 13.0 Å². The Morgan fingerprint density at radius 2 is 2.05 bits per heavy atom. The lowest BCUT2D eigenvalue weighted by Gasteiger charge is -2.02. The summed E-state index contributed by atoms with van der Waals surface area (Å²) in [5.41, 5.74) is 1.50. The van der Waals surface area contributed by atoms with Crippen LogP contribution in [0.15, 0.2) is 35.1 Å². The Morgan fingerprint density at radius 3 is 2.74 bits per heavy atom. The number of rotatable bonds is 1. The number of carbonyl (C=O) groups is 1. The lowest BCUT2D eigenvalue weighted by Crippen LogP contribution is -2.42. The smallest absolute Gasteiger partial charge is 0.358 e. The third kappa shape index (κ3) is 1.98. The lowest BCUT2D eigenvalue weighted by atomic mass is 10.1. The zero-order valence-corrected chi connectivity index (χ0v) is 11.7. The fourth-order valence-electron chi connectivity index (χ4n) is 2.02. The van der Waals surface area contributed by atoms with Gasteiger partial charge in [-0.1, -0.05) is 0 Å². The van der Waals surface area contributed by atoms with Crippen LogP contribution in [0.3, 0.4) is 0 Å². The maximum absolute atomic E-state index is 12.0. The van der Waals surface area contributed by atoms with Crippen molar-refractivity contribution in [3.8, 4) is 17.0 Å². The minimum Gasteiger partial charge on any atom is -0.508 e. The van der Waals surface area contributed by atoms with E-state index in [1.807, 2.05) is 6.92 Å². The van der Waals surface area contributed by atoms with Gasteiger partial charge in [0.1, 0.15) is 17.6 Å². The van der Waals surface area contributed by atoms with E-state index in [1.165, 1.54) is 0 Å². The van der Waals surface area contributed by atoms with Crippen LogP contribution >= 0.6 is 15.9 Å². The fraction of sp³-hybridized carbons (Fsp3) is 0.154. The van der Waals surface area contributed by atoms with E-state index in [-0.39, 0.29) is 17.7 Å². The van der Waals surface area contributed by atoms with Crippen LogP contribution in [0.25, 0.3) is 11.3 Å². The van der Waals surface area contributed by atoms with E-state index in [9.17, 15) is 9.90 Å². The number of aromatic nitrogens is 2. The number of nitrogens with one attached hydrogen (secondary N) is 1. The second kappa shape index (κ2) is 4.31. The monoisotopic (exact) mass is 320 g/mol. The molecule has 1 aliphatic heterocycles. The number of phenolic OH excluding ortho intramolecular Hbond substituents is 1. The van der Waals surface area contributed by atoms with Crippen molar-refractivity contribution in [3.63, 3.8) is 0 Å². The highest BCUT2D eigenvalue weighted by molar-refractivity contribution is 9.10. The van der Waals surface area contributed by atoms with Crippen molar-refractivity contribution in [1.29, 1.82) is 0 Å². The summed E-state index contributed by atoms with van der Waals surface area (Å²) in [4.78, 5) is 16.4. The highest BCUT2D eigenvalue weighted by atomic mass is 79.9. The fourth-order valence-corrected chi connectivity index (χ4v) is 2.52. The quantitative estimate of drug-likeness (QED) is 0.788. The highest BCUT2D eigenvalue weighted by Crippen LogP contribution is 2.25. The van der Waals surface area contributed by atoms with Gasteiger partial charge in [0.15, 0.2) is 10.6 Å². The van der Waals surface area contributed by atoms with E-state index in [0.717, 1.165) is 5.56 Å². The number of nitrogens with zero attached hydrogens (tertiary/aromatic N) is 2. The van der Waals surface area contributed by atoms with E-state index in [4.69, 9.17) is 0 Å². The summed E-state index contributed by atoms with van der Waals surface area (Å²) in [6, 6.07) is 6.44. The maximum Gasteiger partial charge on any atom is 0.358 e. The van der Waals surface area contributed by atoms with Crippen LogP contribution in [-0.4, -0.2) is 22.0 Å². The minimum atomic E-state index is -0.256. The van der Waals surface area contributed by atoms with Gasteiger partial charge in [-0.3, -0.25) is 5.32 Å². The standard InChI is InChI=1S/C13H10BrN3O2/c1-7-13(19)17-6-10(16-11(14)12(17)15-7)8-2-4-9(18)5-3-8/h2-7,18H,1H3/p+1. The van der Waals surface area contributed by atoms with Gasteiger partial charge in [0.25, 0.3) is 0 Å². The molecule has 6 heteroatoms. The predicted octanol–water partition coefficient (Wildman–Crippen LogP) is 1.96. The average Bonchev–Trinajstić information content (AvgIpc) is 2.68. The Kier molecular flexibility index (Phi) is 2.74. The van der Waals surface area contributed by atoms with Gasteiger partial charge in [0.2, 0.25) is 0 Å². The molecule has 2 heterocycles. The Balaban J connectivity index is 2.13. The van der Waals surface area contributed by atoms with Crippen LogP contribution in [0.2, 0.25) is 0 Å². The first-order valence-corrected chi connectivity index (χ1v) is 6.58. The molecule has 1 unspecified atom stereocenters. The molecule has 0 spiro atoms. The predicted molar refractivity (Wildman–Crippen MR) is 72.9 cm³/mol. The van der Waals surface area contributed by atoms with Crippen LogP contribution in [0.1, 0.15) is 11.7 Å². The Hall–Kier alpha value is -1.95. The minimum absolute atomic E-state index is 0.0156. The number of aromatic hydroxyl groups is 1. The van der Waals surface area contributed by atoms with Gasteiger partial charge in [0, 0.05) is 5.56 Å². The first kappa shape index (κ1) is 12.1. The van der Waals surface area contributed by atoms with Crippen LogP contribution in [0, 0.1) is 0 Å². The second-order valence-corrected chi connectivity index (χ2v) is 5.14. The summed E-state index contributed by atoms with van der Waals surface area (Å²) in [5, 5.41) is 12.4. The Morgan fingerprint density at radius 1 is 1.37 bits per heavy atom. The summed E-state index contributed by atoms with van der Waals surface area (Å²) in [6.45, 7) is 1.81. The molecule has 3 rings (SSSR count). The number of anilines is 1. The molecule has 0 bridgehead atoms. The van der Waals surface area contributed by atoms with Gasteiger partial charge in [-0.2, -0.15) is 4.57 Å². The van der Waals surface area contributed by atoms with Crippen LogP contribution in [-0.2, 0) is 0 Å². The van der Waals surface area contributed by atoms with E-state index in [2.05, 4.69) is 26.2 Å². The molecule has 0 fully saturated rings. The van der Waals surface area contributed by atoms with Gasteiger partial charge in [-0.25, -0.2) is 9.78 Å². The zero-order valence-electron chi connectivity index (χ0n) is 10.1. The topological polar surface area (TPSA) is 66.1 Å². The molecule has 0 amide bonds. The first-order chi connectivity index (χ1) is 9.06. The van der Waals surface area contributed by atoms with Crippen molar-refractivity contribution in [2.75, 3.05) is 5.32 Å². The molecule has 0 saturated heterocycles. The summed E-state index contributed by atoms with van der Waals surface area (Å²) in [7, 11) is 0. The molecule has 1 aromatic carbocycles. The molecule has 0 radical (unpaired) electrons. The molecular formula is C13H11BrN3O2+. The number of hydrogen-bond acceptors (Lipinski definition) is 4. The summed E-state index contributed by atoms with van der Waals surface area (Å²) < 4.78 is 2.15. The van der Waals surface area contributed by atoms with E-state index in [1.54, 1.807) is 35.0 Å². The molecule has 2 aromatic rings. The molecule has 96 valence electrons. The molecule has 0 aliphatic carbocycles. The lowest BCUT2D eigenvalue weighted by molar-refractivity contribution is -0.552. The van der Waals surface area contributed by atoms with Crippen molar-refractivity contribution < 1.29 is 14.5 Å². The first-order valence-electron chi connectivity index (χ1n) is 5.78. The van der Waals surface area contributed by atoms with Crippen molar-refractivity contribution in [1.82, 2.24) is 4.98 Å². The Bertz CT molecular complexity index is 670. The molecule has 5 nitrogen and oxygen atoms in total. The van der Waals surface area contributed by atoms with E-state index < -0.39 is 0 Å². The van der Waals surface area contributed by atoms with Crippen LogP contribution < -0.4 is 9.88 Å². The van der Waals surface area contributed by atoms with Gasteiger partial charge in [-0.15, -0.1) is 0 Å². The number of hydrogen-bond donors (Lipinski definition) is 2. The molecule has 1 aromatic heterocycles. The number of halogens is 1. The molecule has 19 heavy (non-hydrogen) atoms. The van der Waals surface area contributed by atoms with Gasteiger partial charge in [0.05, 0.1) is 0 Å². The van der Waals surface area contributed by atoms with Gasteiger partial charge >= 0.3 is 11.7 Å². The Labute approximate surface area is 118 Å². The van der Waals surface area contributed by atoms with E-state index in [0.29, 0.717) is 16.1 Å². The number of carbonyl (C=O) groups excluding carboxylic acids is 1. The summed E-state index contributed by atoms with van der Waals surface area (Å²) >= 11 is 3.37. The largest absolute Gasteiger partial charge is 0.508 e. The maximum atomic E-state index is 12.0. The average molecular weight is 321 g/mol. The molecule has 1 atom stereocenters. The third-order valence-electron chi connectivity index (χ3n) is 3.03. The summed E-state index contributed by atoms with van der Waals surface area (Å²) in [5.74, 6) is 0.848. The van der Waals surface area contributed by atoms with Crippen molar-refractivity contribution >= 4 is 27.7 Å². The molecule has 1 aliphatic rings. The number of fused-ring (bicyclic) bond motifs is 1. The van der Waals surface area contributed by atoms with Crippen molar-refractivity contribution in [2.24, 2.45) is 0 Å². The van der Waals surface area contributed by atoms with Crippen LogP contribution in [0.4, 0.5) is 5.82 Å². The molecule has 2 N–H and O–H groups in total. The number of phenols is 1. The van der Waals surface area contributed by atoms with Crippen molar-refractivity contribution in [3.05, 3.63) is 35.1 Å². The second-order valence-electron chi connectivity index (χ2n) is 4.39. The third-order valence-corrected chi connectivity index (χ3v) is 3.58. The van der Waals surface area contributed by atoms with E-state index >= 15 is 0 Å². The molecule has 0 saturated carbocycles. The van der Waals surface area contributed by atoms with Gasteiger partial charge in [-0.05, 0) is 47.1 Å². The SMILES string of the molecule is CC1Nc2c(Br)nc(-c3ccc(O)cc3)c[n+]2C1=O. The molecular weight excluding hydrogens is 310 g/mol. The zero-order chi connectivity index (χ0) is 13.6. The van der Waals surface area contributed by atoms with Gasteiger partial charge < -0.3 is 5.11 Å². The highest BCUT2D eigenvalue weighted by Gasteiger charge is 2.37. The summed E-state index contributed by atoms with van der Waals surface area (Å²) in [6.07, 6.45) is 1.70. The van der Waals surface area contributed by atoms with Crippen LogP contribution in [0.5, 0.6) is 5.75 Å².